The van der Waals surface area contributed by atoms with E-state index in [4.69, 9.17) is 27.6 Å². The molecule has 0 fully saturated rings. The van der Waals surface area contributed by atoms with Gasteiger partial charge in [-0.3, -0.25) is 0 Å². The molecule has 0 heterocycles. The highest BCUT2D eigenvalue weighted by Gasteiger charge is 2.18. The van der Waals surface area contributed by atoms with Crippen LogP contribution in [0.15, 0.2) is 0 Å². The quantitative estimate of drug-likeness (QED) is 0.496. The molecule has 0 aromatic rings. The van der Waals surface area contributed by atoms with Crippen LogP contribution in [-0.2, 0) is 4.43 Å². The van der Waals surface area contributed by atoms with Crippen LogP contribution in [0.3, 0.4) is 0 Å². The van der Waals surface area contributed by atoms with Crippen molar-refractivity contribution in [2.75, 3.05) is 0 Å². The second-order valence-corrected chi connectivity index (χ2v) is 4.58. The van der Waals surface area contributed by atoms with Gasteiger partial charge < -0.3 is 4.43 Å². The van der Waals surface area contributed by atoms with Crippen LogP contribution in [0.5, 0.6) is 0 Å². The molecule has 4 heteroatoms. The standard InChI is InChI=1S/C6H14Cl2OSi/c1-5(7)3-4-6(2,8)9-10/h5H,3-4H2,1-2,10H3. The SMILES string of the molecule is CC(Cl)CCC(C)(Cl)O[SiH3]. The van der Waals surface area contributed by atoms with Gasteiger partial charge in [-0.2, -0.15) is 0 Å². The minimum absolute atomic E-state index is 0.190. The molecule has 0 amide bonds. The molecular weight excluding hydrogens is 187 g/mol. The lowest BCUT2D eigenvalue weighted by Gasteiger charge is -2.21. The second kappa shape index (κ2) is 4.60. The van der Waals surface area contributed by atoms with Gasteiger partial charge in [0.2, 0.25) is 0 Å². The predicted octanol–water partition coefficient (Wildman–Crippen LogP) is 1.65. The van der Waals surface area contributed by atoms with E-state index in [0.717, 1.165) is 12.8 Å². The molecule has 0 aromatic heterocycles. The largest absolute Gasteiger partial charge is 0.410 e. The van der Waals surface area contributed by atoms with Crippen LogP contribution in [0, 0.1) is 0 Å². The fourth-order valence-corrected chi connectivity index (χ4v) is 0.981. The van der Waals surface area contributed by atoms with Gasteiger partial charge in [0.15, 0.2) is 0 Å². The summed E-state index contributed by atoms with van der Waals surface area (Å²) < 4.78 is 5.13. The van der Waals surface area contributed by atoms with Gasteiger partial charge in [-0.15, -0.1) is 11.6 Å². The Labute approximate surface area is 75.6 Å². The third-order valence-electron chi connectivity index (χ3n) is 1.41. The van der Waals surface area contributed by atoms with Crippen molar-refractivity contribution in [2.45, 2.75) is 37.1 Å². The first-order valence-corrected chi connectivity index (χ1v) is 4.99. The van der Waals surface area contributed by atoms with Crippen LogP contribution in [0.4, 0.5) is 0 Å². The highest BCUT2D eigenvalue weighted by atomic mass is 35.5. The summed E-state index contributed by atoms with van der Waals surface area (Å²) in [6, 6.07) is 0. The van der Waals surface area contributed by atoms with Crippen molar-refractivity contribution in [3.63, 3.8) is 0 Å². The zero-order valence-electron chi connectivity index (χ0n) is 6.66. The zero-order valence-corrected chi connectivity index (χ0v) is 10.2. The summed E-state index contributed by atoms with van der Waals surface area (Å²) >= 11 is 11.7. The second-order valence-electron chi connectivity index (χ2n) is 2.63. The average molecular weight is 201 g/mol. The van der Waals surface area contributed by atoms with Crippen LogP contribution in [0.1, 0.15) is 26.7 Å². The summed E-state index contributed by atoms with van der Waals surface area (Å²) in [6.07, 6.45) is 1.73. The first-order valence-electron chi connectivity index (χ1n) is 3.36. The monoisotopic (exact) mass is 200 g/mol. The summed E-state index contributed by atoms with van der Waals surface area (Å²) in [6.45, 7) is 3.84. The van der Waals surface area contributed by atoms with Crippen LogP contribution in [0.25, 0.3) is 0 Å². The van der Waals surface area contributed by atoms with E-state index in [-0.39, 0.29) is 5.38 Å². The molecule has 0 aliphatic carbocycles. The molecule has 0 radical (unpaired) electrons. The Morgan fingerprint density at radius 1 is 1.70 bits per heavy atom. The first-order chi connectivity index (χ1) is 4.48. The van der Waals surface area contributed by atoms with Crippen molar-refractivity contribution in [2.24, 2.45) is 0 Å². The fraction of sp³-hybridized carbons (Fsp3) is 1.00. The third kappa shape index (κ3) is 5.53. The summed E-state index contributed by atoms with van der Waals surface area (Å²) in [5.74, 6) is 0. The molecule has 0 bridgehead atoms. The average Bonchev–Trinajstić information content (AvgIpc) is 1.85. The minimum Gasteiger partial charge on any atom is -0.410 e. The van der Waals surface area contributed by atoms with Gasteiger partial charge in [0.25, 0.3) is 0 Å². The van der Waals surface area contributed by atoms with Crippen LogP contribution >= 0.6 is 23.2 Å². The molecule has 0 saturated carbocycles. The van der Waals surface area contributed by atoms with Gasteiger partial charge in [-0.1, -0.05) is 11.6 Å². The predicted molar refractivity (Wildman–Crippen MR) is 49.8 cm³/mol. The number of halogens is 2. The number of alkyl halides is 2. The van der Waals surface area contributed by atoms with Gasteiger partial charge in [0.05, 0.1) is 0 Å². The maximum Gasteiger partial charge on any atom is 0.148 e. The molecule has 62 valence electrons. The van der Waals surface area contributed by atoms with Crippen molar-refractivity contribution in [1.82, 2.24) is 0 Å². The van der Waals surface area contributed by atoms with E-state index in [2.05, 4.69) is 0 Å². The summed E-state index contributed by atoms with van der Waals surface area (Å²) in [4.78, 5) is 0. The molecule has 0 rings (SSSR count). The van der Waals surface area contributed by atoms with E-state index < -0.39 is 5.06 Å². The highest BCUT2D eigenvalue weighted by Crippen LogP contribution is 2.23. The maximum atomic E-state index is 5.92. The number of hydrogen-bond acceptors (Lipinski definition) is 1. The Hall–Kier alpha value is 0.757. The lowest BCUT2D eigenvalue weighted by molar-refractivity contribution is 0.181. The topological polar surface area (TPSA) is 9.23 Å². The summed E-state index contributed by atoms with van der Waals surface area (Å²) in [5.41, 5.74) is 0. The molecule has 2 atom stereocenters. The van der Waals surface area contributed by atoms with E-state index in [1.807, 2.05) is 13.8 Å². The molecule has 0 N–H and O–H groups in total. The highest BCUT2D eigenvalue weighted by molar-refractivity contribution is 6.24. The van der Waals surface area contributed by atoms with Crippen molar-refractivity contribution in [3.8, 4) is 0 Å². The lowest BCUT2D eigenvalue weighted by Crippen LogP contribution is -2.20. The van der Waals surface area contributed by atoms with E-state index in [0.29, 0.717) is 10.5 Å². The van der Waals surface area contributed by atoms with Crippen LogP contribution < -0.4 is 0 Å². The Bertz CT molecular complexity index is 95.7. The molecule has 0 spiro atoms. The lowest BCUT2D eigenvalue weighted by atomic mass is 10.2. The number of rotatable bonds is 4. The van der Waals surface area contributed by atoms with E-state index in [9.17, 15) is 0 Å². The molecular formula is C6H14Cl2OSi. The Morgan fingerprint density at radius 3 is 2.50 bits per heavy atom. The normalized spacial score (nSPS) is 20.4. The van der Waals surface area contributed by atoms with E-state index >= 15 is 0 Å². The van der Waals surface area contributed by atoms with Crippen LogP contribution in [-0.4, -0.2) is 20.9 Å². The van der Waals surface area contributed by atoms with Gasteiger partial charge in [0.1, 0.15) is 15.5 Å². The van der Waals surface area contributed by atoms with Gasteiger partial charge in [-0.25, -0.2) is 0 Å². The Balaban J connectivity index is 3.46. The van der Waals surface area contributed by atoms with Crippen molar-refractivity contribution < 1.29 is 4.43 Å². The molecule has 0 aliphatic heterocycles. The Morgan fingerprint density at radius 2 is 2.20 bits per heavy atom. The van der Waals surface area contributed by atoms with Crippen molar-refractivity contribution in [1.29, 1.82) is 0 Å². The maximum absolute atomic E-state index is 5.92. The molecule has 0 aromatic carbocycles. The summed E-state index contributed by atoms with van der Waals surface area (Å²) in [7, 11) is 0.682. The van der Waals surface area contributed by atoms with Gasteiger partial charge in [-0.05, 0) is 26.7 Å². The molecule has 1 nitrogen and oxygen atoms in total. The third-order valence-corrected chi connectivity index (χ3v) is 3.14. The molecule has 0 saturated heterocycles. The smallest absolute Gasteiger partial charge is 0.148 e. The van der Waals surface area contributed by atoms with Crippen LogP contribution in [0.2, 0.25) is 0 Å². The minimum atomic E-state index is -0.477. The Kier molecular flexibility index (Phi) is 4.95. The van der Waals surface area contributed by atoms with Crippen molar-refractivity contribution >= 4 is 33.7 Å². The summed E-state index contributed by atoms with van der Waals surface area (Å²) in [5, 5.41) is -0.287. The van der Waals surface area contributed by atoms with Gasteiger partial charge in [0, 0.05) is 5.38 Å². The van der Waals surface area contributed by atoms with Gasteiger partial charge >= 0.3 is 0 Å². The van der Waals surface area contributed by atoms with Crippen molar-refractivity contribution in [3.05, 3.63) is 0 Å². The molecule has 10 heavy (non-hydrogen) atoms. The van der Waals surface area contributed by atoms with E-state index in [1.54, 1.807) is 0 Å². The fourth-order valence-electron chi connectivity index (χ4n) is 0.559. The first kappa shape index (κ1) is 10.8. The number of hydrogen-bond donors (Lipinski definition) is 0. The molecule has 0 aliphatic rings. The zero-order chi connectivity index (χ0) is 8.20. The van der Waals surface area contributed by atoms with E-state index in [1.165, 1.54) is 0 Å². The molecule has 2 unspecified atom stereocenters.